The Hall–Kier alpha value is -2.58. The van der Waals surface area contributed by atoms with Crippen LogP contribution in [0.4, 0.5) is 0 Å². The second-order valence-electron chi connectivity index (χ2n) is 6.16. The fraction of sp³-hybridized carbons (Fsp3) is 0.278. The number of hydrogen-bond donors (Lipinski definition) is 0. The van der Waals surface area contributed by atoms with Crippen molar-refractivity contribution >= 4 is 15.9 Å². The molecule has 26 heavy (non-hydrogen) atoms. The van der Waals surface area contributed by atoms with Gasteiger partial charge in [0.1, 0.15) is 0 Å². The first kappa shape index (κ1) is 18.2. The maximum absolute atomic E-state index is 12.6. The van der Waals surface area contributed by atoms with E-state index >= 15 is 0 Å². The molecule has 3 rings (SSSR count). The molecule has 138 valence electrons. The number of sulfonamides is 1. The summed E-state index contributed by atoms with van der Waals surface area (Å²) in [5.41, 5.74) is 1.34. The van der Waals surface area contributed by atoms with Gasteiger partial charge in [-0.2, -0.15) is 0 Å². The zero-order chi connectivity index (χ0) is 18.9. The largest absolute Gasteiger partial charge is 0.454 e. The molecule has 8 heteroatoms. The van der Waals surface area contributed by atoms with Gasteiger partial charge in [-0.1, -0.05) is 6.07 Å². The molecular formula is C18H20N2O5S. The van der Waals surface area contributed by atoms with E-state index in [1.165, 1.54) is 38.4 Å². The summed E-state index contributed by atoms with van der Waals surface area (Å²) >= 11 is 0. The first-order valence-corrected chi connectivity index (χ1v) is 9.39. The Labute approximate surface area is 152 Å². The quantitative estimate of drug-likeness (QED) is 0.797. The summed E-state index contributed by atoms with van der Waals surface area (Å²) in [5.74, 6) is 1.17. The lowest BCUT2D eigenvalue weighted by molar-refractivity contribution is 0.0785. The Kier molecular flexibility index (Phi) is 4.88. The number of amides is 1. The average molecular weight is 376 g/mol. The zero-order valence-electron chi connectivity index (χ0n) is 14.8. The number of rotatable bonds is 5. The molecule has 1 amide bonds. The highest BCUT2D eigenvalue weighted by molar-refractivity contribution is 7.89. The molecule has 1 heterocycles. The minimum atomic E-state index is -3.51. The summed E-state index contributed by atoms with van der Waals surface area (Å²) in [6, 6.07) is 11.5. The maximum Gasteiger partial charge on any atom is 0.253 e. The summed E-state index contributed by atoms with van der Waals surface area (Å²) in [7, 11) is 1.11. The number of hydrogen-bond acceptors (Lipinski definition) is 5. The molecule has 0 saturated heterocycles. The monoisotopic (exact) mass is 376 g/mol. The van der Waals surface area contributed by atoms with E-state index in [1.807, 2.05) is 18.2 Å². The molecule has 0 aromatic heterocycles. The third kappa shape index (κ3) is 3.51. The first-order chi connectivity index (χ1) is 12.3. The molecular weight excluding hydrogens is 356 g/mol. The van der Waals surface area contributed by atoms with Crippen LogP contribution in [0.5, 0.6) is 11.5 Å². The molecule has 0 spiro atoms. The van der Waals surface area contributed by atoms with Gasteiger partial charge in [0.05, 0.1) is 4.90 Å². The molecule has 0 aliphatic carbocycles. The van der Waals surface area contributed by atoms with Gasteiger partial charge in [0.25, 0.3) is 5.91 Å². The van der Waals surface area contributed by atoms with Crippen LogP contribution in [0.15, 0.2) is 47.4 Å². The number of benzene rings is 2. The van der Waals surface area contributed by atoms with Crippen molar-refractivity contribution in [1.82, 2.24) is 9.21 Å². The Morgan fingerprint density at radius 3 is 2.31 bits per heavy atom. The molecule has 2 aromatic carbocycles. The zero-order valence-corrected chi connectivity index (χ0v) is 15.6. The fourth-order valence-electron chi connectivity index (χ4n) is 2.59. The van der Waals surface area contributed by atoms with E-state index in [2.05, 4.69) is 0 Å². The smallest absolute Gasteiger partial charge is 0.253 e. The van der Waals surface area contributed by atoms with Gasteiger partial charge in [0.2, 0.25) is 16.8 Å². The van der Waals surface area contributed by atoms with Gasteiger partial charge in [-0.3, -0.25) is 4.79 Å². The van der Waals surface area contributed by atoms with Crippen LogP contribution in [0.3, 0.4) is 0 Å². The highest BCUT2D eigenvalue weighted by Gasteiger charge is 2.19. The first-order valence-electron chi connectivity index (χ1n) is 7.95. The van der Waals surface area contributed by atoms with Crippen LogP contribution < -0.4 is 9.47 Å². The SMILES string of the molecule is CN(Cc1ccc2c(c1)OCO2)C(=O)c1ccc(S(=O)(=O)N(C)C)cc1. The van der Waals surface area contributed by atoms with E-state index in [9.17, 15) is 13.2 Å². The number of fused-ring (bicyclic) bond motifs is 1. The van der Waals surface area contributed by atoms with Crippen molar-refractivity contribution in [3.05, 3.63) is 53.6 Å². The molecule has 0 unspecified atom stereocenters. The Balaban J connectivity index is 1.72. The van der Waals surface area contributed by atoms with E-state index in [0.717, 1.165) is 9.87 Å². The van der Waals surface area contributed by atoms with E-state index in [1.54, 1.807) is 11.9 Å². The molecule has 0 radical (unpaired) electrons. The van der Waals surface area contributed by atoms with Crippen molar-refractivity contribution in [2.75, 3.05) is 27.9 Å². The van der Waals surface area contributed by atoms with Crippen LogP contribution in [-0.2, 0) is 16.6 Å². The standard InChI is InChI=1S/C18H20N2O5S/c1-19(2)26(22,23)15-7-5-14(6-8-15)18(21)20(3)11-13-4-9-16-17(10-13)25-12-24-16/h4-10H,11-12H2,1-3H3. The van der Waals surface area contributed by atoms with Crippen LogP contribution in [-0.4, -0.2) is 51.5 Å². The van der Waals surface area contributed by atoms with Crippen molar-refractivity contribution < 1.29 is 22.7 Å². The number of nitrogens with zero attached hydrogens (tertiary/aromatic N) is 2. The van der Waals surface area contributed by atoms with Crippen LogP contribution in [0.2, 0.25) is 0 Å². The number of ether oxygens (including phenoxy) is 2. The third-order valence-corrected chi connectivity index (χ3v) is 5.91. The van der Waals surface area contributed by atoms with Gasteiger partial charge in [0.15, 0.2) is 11.5 Å². The van der Waals surface area contributed by atoms with Gasteiger partial charge in [-0.15, -0.1) is 0 Å². The van der Waals surface area contributed by atoms with Gasteiger partial charge in [0, 0.05) is 33.3 Å². The topological polar surface area (TPSA) is 76.1 Å². The molecule has 0 bridgehead atoms. The molecule has 0 fully saturated rings. The average Bonchev–Trinajstić information content (AvgIpc) is 3.08. The van der Waals surface area contributed by atoms with Crippen molar-refractivity contribution in [2.45, 2.75) is 11.4 Å². The second kappa shape index (κ2) is 6.97. The van der Waals surface area contributed by atoms with Gasteiger partial charge in [-0.05, 0) is 42.0 Å². The molecule has 7 nitrogen and oxygen atoms in total. The van der Waals surface area contributed by atoms with Crippen LogP contribution in [0, 0.1) is 0 Å². The lowest BCUT2D eigenvalue weighted by atomic mass is 10.1. The fourth-order valence-corrected chi connectivity index (χ4v) is 3.49. The van der Waals surface area contributed by atoms with E-state index in [-0.39, 0.29) is 17.6 Å². The van der Waals surface area contributed by atoms with E-state index in [4.69, 9.17) is 9.47 Å². The normalized spacial score (nSPS) is 13.1. The highest BCUT2D eigenvalue weighted by Crippen LogP contribution is 2.32. The van der Waals surface area contributed by atoms with Gasteiger partial charge >= 0.3 is 0 Å². The van der Waals surface area contributed by atoms with E-state index in [0.29, 0.717) is 23.6 Å². The summed E-state index contributed by atoms with van der Waals surface area (Å²) in [5, 5.41) is 0. The van der Waals surface area contributed by atoms with E-state index < -0.39 is 10.0 Å². The Morgan fingerprint density at radius 1 is 1.00 bits per heavy atom. The second-order valence-corrected chi connectivity index (χ2v) is 8.31. The summed E-state index contributed by atoms with van der Waals surface area (Å²) in [6.07, 6.45) is 0. The number of carbonyl (C=O) groups is 1. The van der Waals surface area contributed by atoms with Gasteiger partial charge < -0.3 is 14.4 Å². The molecule has 1 aliphatic rings. The molecule has 0 saturated carbocycles. The molecule has 1 aliphatic heterocycles. The van der Waals surface area contributed by atoms with Crippen molar-refractivity contribution in [1.29, 1.82) is 0 Å². The minimum Gasteiger partial charge on any atom is -0.454 e. The van der Waals surface area contributed by atoms with Crippen molar-refractivity contribution in [3.63, 3.8) is 0 Å². The molecule has 2 aromatic rings. The summed E-state index contributed by atoms with van der Waals surface area (Å²) < 4.78 is 35.9. The van der Waals surface area contributed by atoms with Crippen LogP contribution >= 0.6 is 0 Å². The van der Waals surface area contributed by atoms with Crippen LogP contribution in [0.1, 0.15) is 15.9 Å². The lowest BCUT2D eigenvalue weighted by Gasteiger charge is -2.18. The number of carbonyl (C=O) groups excluding carboxylic acids is 1. The predicted molar refractivity (Wildman–Crippen MR) is 95.7 cm³/mol. The van der Waals surface area contributed by atoms with Gasteiger partial charge in [-0.25, -0.2) is 12.7 Å². The summed E-state index contributed by atoms with van der Waals surface area (Å²) in [4.78, 5) is 14.3. The highest BCUT2D eigenvalue weighted by atomic mass is 32.2. The minimum absolute atomic E-state index is 0.150. The molecule has 0 atom stereocenters. The molecule has 0 N–H and O–H groups in total. The third-order valence-electron chi connectivity index (χ3n) is 4.08. The summed E-state index contributed by atoms with van der Waals surface area (Å²) in [6.45, 7) is 0.600. The Bertz CT molecular complexity index is 923. The van der Waals surface area contributed by atoms with Crippen LogP contribution in [0.25, 0.3) is 0 Å². The van der Waals surface area contributed by atoms with Crippen molar-refractivity contribution in [2.24, 2.45) is 0 Å². The predicted octanol–water partition coefficient (Wildman–Crippen LogP) is 1.94. The van der Waals surface area contributed by atoms with Crippen molar-refractivity contribution in [3.8, 4) is 11.5 Å². The maximum atomic E-state index is 12.6. The Morgan fingerprint density at radius 2 is 1.65 bits per heavy atom. The lowest BCUT2D eigenvalue weighted by Crippen LogP contribution is -2.26.